The van der Waals surface area contributed by atoms with Gasteiger partial charge in [0.15, 0.2) is 5.65 Å². The molecule has 9 heteroatoms. The fraction of sp³-hybridized carbons (Fsp3) is 0.630. The van der Waals surface area contributed by atoms with Crippen molar-refractivity contribution >= 4 is 34.5 Å². The molecule has 0 saturated heterocycles. The highest BCUT2D eigenvalue weighted by Crippen LogP contribution is 2.19. The Morgan fingerprint density at radius 3 is 2.11 bits per heavy atom. The predicted octanol–water partition coefficient (Wildman–Crippen LogP) is 7.54. The summed E-state index contributed by atoms with van der Waals surface area (Å²) in [5, 5.41) is 10.2. The Bertz CT molecular complexity index is 1000. The van der Waals surface area contributed by atoms with Crippen molar-refractivity contribution in [2.75, 3.05) is 17.2 Å². The molecule has 2 heterocycles. The van der Waals surface area contributed by atoms with E-state index >= 15 is 0 Å². The van der Waals surface area contributed by atoms with Crippen LogP contribution >= 0.6 is 0 Å². The van der Waals surface area contributed by atoms with Crippen LogP contribution in [0.1, 0.15) is 97.3 Å². The number of nitrogens with zero attached hydrogens (tertiary/aromatic N) is 5. The summed E-state index contributed by atoms with van der Waals surface area (Å²) in [7, 11) is 0. The molecule has 0 bridgehead atoms. The van der Waals surface area contributed by atoms with Gasteiger partial charge in [0, 0.05) is 29.2 Å². The molecule has 0 saturated carbocycles. The maximum atomic E-state index is 12.6. The van der Waals surface area contributed by atoms with E-state index in [9.17, 15) is 9.59 Å². The first-order chi connectivity index (χ1) is 17.6. The largest absolute Gasteiger partial charge is 0.311 e. The highest BCUT2D eigenvalue weighted by Gasteiger charge is 2.16. The van der Waals surface area contributed by atoms with Gasteiger partial charge >= 0.3 is 0 Å². The van der Waals surface area contributed by atoms with Crippen molar-refractivity contribution in [3.63, 3.8) is 0 Å². The molecule has 2 rings (SSSR count). The molecule has 2 N–H and O–H groups in total. The number of fused-ring (bicyclic) bond motifs is 1. The van der Waals surface area contributed by atoms with Gasteiger partial charge in [-0.05, 0) is 55.5 Å². The van der Waals surface area contributed by atoms with Gasteiger partial charge in [-0.3, -0.25) is 9.59 Å². The molecular weight excluding hydrogens is 454 g/mol. The quantitative estimate of drug-likeness (QED) is 0.0955. The van der Waals surface area contributed by atoms with E-state index in [4.69, 9.17) is 5.53 Å². The number of carbonyl (C=O) groups excluding carboxylic acids is 2. The van der Waals surface area contributed by atoms with Crippen LogP contribution in [0.5, 0.6) is 0 Å². The van der Waals surface area contributed by atoms with Crippen molar-refractivity contribution in [3.05, 3.63) is 34.7 Å². The van der Waals surface area contributed by atoms with E-state index in [1.54, 1.807) is 12.1 Å². The SMILES string of the molecule is CCCCC(CC)C(=O)Nc1ccc2ccc(NC(=O)CCCCCCCCCCN=[N+]=[N-])nc2n1. The Morgan fingerprint density at radius 1 is 0.889 bits per heavy atom. The summed E-state index contributed by atoms with van der Waals surface area (Å²) < 4.78 is 0. The second-order valence-corrected chi connectivity index (χ2v) is 9.26. The molecule has 0 aliphatic rings. The fourth-order valence-corrected chi connectivity index (χ4v) is 4.12. The number of unbranched alkanes of at least 4 members (excludes halogenated alkanes) is 8. The third kappa shape index (κ3) is 11.0. The molecule has 1 unspecified atom stereocenters. The zero-order valence-corrected chi connectivity index (χ0v) is 21.8. The minimum absolute atomic E-state index is 0.00687. The molecule has 2 aromatic heterocycles. The number of azide groups is 1. The summed E-state index contributed by atoms with van der Waals surface area (Å²) in [6.07, 6.45) is 12.8. The number of hydrogen-bond donors (Lipinski definition) is 2. The second kappa shape index (κ2) is 17.3. The number of carbonyl (C=O) groups is 2. The zero-order valence-electron chi connectivity index (χ0n) is 21.8. The van der Waals surface area contributed by atoms with Crippen molar-refractivity contribution < 1.29 is 9.59 Å². The molecule has 0 aromatic carbocycles. The molecule has 0 aliphatic heterocycles. The van der Waals surface area contributed by atoms with Crippen LogP contribution in [0, 0.1) is 5.92 Å². The van der Waals surface area contributed by atoms with Crippen LogP contribution in [0.4, 0.5) is 11.6 Å². The average Bonchev–Trinajstić information content (AvgIpc) is 2.87. The van der Waals surface area contributed by atoms with Gasteiger partial charge < -0.3 is 10.6 Å². The van der Waals surface area contributed by atoms with Crippen LogP contribution < -0.4 is 10.6 Å². The third-order valence-electron chi connectivity index (χ3n) is 6.32. The van der Waals surface area contributed by atoms with Gasteiger partial charge in [-0.15, -0.1) is 0 Å². The van der Waals surface area contributed by atoms with E-state index in [1.807, 2.05) is 19.1 Å². The lowest BCUT2D eigenvalue weighted by atomic mass is 9.98. The first-order valence-electron chi connectivity index (χ1n) is 13.5. The molecule has 1 atom stereocenters. The molecule has 36 heavy (non-hydrogen) atoms. The normalized spacial score (nSPS) is 11.6. The van der Waals surface area contributed by atoms with Gasteiger partial charge in [0.1, 0.15) is 11.6 Å². The zero-order chi connectivity index (χ0) is 26.0. The summed E-state index contributed by atoms with van der Waals surface area (Å²) in [5.41, 5.74) is 8.74. The standard InChI is InChI=1S/C27H41N7O2/c1-3-5-14-21(4-2)27(36)33-24-19-17-22-16-18-23(31-26(22)32-24)30-25(35)15-12-10-8-6-7-9-11-13-20-29-34-28/h16-19,21H,3-15,20H2,1-2H3,(H2,30,31,32,33,35,36). The Hall–Kier alpha value is -3.19. The summed E-state index contributed by atoms with van der Waals surface area (Å²) in [6, 6.07) is 7.32. The maximum Gasteiger partial charge on any atom is 0.228 e. The molecular formula is C27H41N7O2. The highest BCUT2D eigenvalue weighted by molar-refractivity contribution is 5.93. The van der Waals surface area contributed by atoms with Crippen LogP contribution in [-0.2, 0) is 9.59 Å². The molecule has 0 spiro atoms. The van der Waals surface area contributed by atoms with Crippen molar-refractivity contribution in [2.24, 2.45) is 11.0 Å². The van der Waals surface area contributed by atoms with E-state index in [1.165, 1.54) is 6.42 Å². The molecule has 0 radical (unpaired) electrons. The van der Waals surface area contributed by atoms with Crippen molar-refractivity contribution in [1.82, 2.24) is 9.97 Å². The van der Waals surface area contributed by atoms with Crippen LogP contribution in [0.3, 0.4) is 0 Å². The van der Waals surface area contributed by atoms with Crippen LogP contribution in [0.15, 0.2) is 29.4 Å². The molecule has 196 valence electrons. The number of rotatable bonds is 18. The minimum atomic E-state index is -0.0499. The van der Waals surface area contributed by atoms with Crippen molar-refractivity contribution in [2.45, 2.75) is 97.3 Å². The minimum Gasteiger partial charge on any atom is -0.311 e. The van der Waals surface area contributed by atoms with Crippen LogP contribution in [0.2, 0.25) is 0 Å². The average molecular weight is 496 g/mol. The van der Waals surface area contributed by atoms with E-state index in [-0.39, 0.29) is 17.7 Å². The van der Waals surface area contributed by atoms with Gasteiger partial charge in [0.25, 0.3) is 0 Å². The van der Waals surface area contributed by atoms with Crippen LogP contribution in [-0.4, -0.2) is 28.3 Å². The number of amides is 2. The Morgan fingerprint density at radius 2 is 1.50 bits per heavy atom. The Labute approximate surface area is 214 Å². The van der Waals surface area contributed by atoms with E-state index in [0.29, 0.717) is 30.2 Å². The lowest BCUT2D eigenvalue weighted by Gasteiger charge is -2.14. The lowest BCUT2D eigenvalue weighted by Crippen LogP contribution is -2.22. The summed E-state index contributed by atoms with van der Waals surface area (Å²) in [5.74, 6) is 0.878. The second-order valence-electron chi connectivity index (χ2n) is 9.26. The van der Waals surface area contributed by atoms with Gasteiger partial charge in [-0.25, -0.2) is 9.97 Å². The van der Waals surface area contributed by atoms with Gasteiger partial charge in [-0.2, -0.15) is 0 Å². The summed E-state index contributed by atoms with van der Waals surface area (Å²) in [6.45, 7) is 4.74. The Kier molecular flexibility index (Phi) is 13.9. The summed E-state index contributed by atoms with van der Waals surface area (Å²) >= 11 is 0. The van der Waals surface area contributed by atoms with Crippen LogP contribution in [0.25, 0.3) is 21.5 Å². The Balaban J connectivity index is 1.75. The first-order valence-corrected chi connectivity index (χ1v) is 13.5. The number of hydrogen-bond acceptors (Lipinski definition) is 5. The monoisotopic (exact) mass is 495 g/mol. The van der Waals surface area contributed by atoms with E-state index in [2.05, 4.69) is 37.6 Å². The number of nitrogens with one attached hydrogen (secondary N) is 2. The smallest absolute Gasteiger partial charge is 0.228 e. The molecule has 2 aromatic rings. The van der Waals surface area contributed by atoms with E-state index < -0.39 is 0 Å². The third-order valence-corrected chi connectivity index (χ3v) is 6.32. The number of pyridine rings is 2. The van der Waals surface area contributed by atoms with Gasteiger partial charge in [0.2, 0.25) is 11.8 Å². The lowest BCUT2D eigenvalue weighted by molar-refractivity contribution is -0.120. The van der Waals surface area contributed by atoms with Crippen molar-refractivity contribution in [1.29, 1.82) is 0 Å². The van der Waals surface area contributed by atoms with E-state index in [0.717, 1.165) is 76.0 Å². The van der Waals surface area contributed by atoms with Gasteiger partial charge in [-0.1, -0.05) is 70.3 Å². The topological polar surface area (TPSA) is 133 Å². The molecule has 9 nitrogen and oxygen atoms in total. The number of aromatic nitrogens is 2. The highest BCUT2D eigenvalue weighted by atomic mass is 16.2. The van der Waals surface area contributed by atoms with Crippen molar-refractivity contribution in [3.8, 4) is 0 Å². The fourth-order valence-electron chi connectivity index (χ4n) is 4.12. The number of anilines is 2. The molecule has 2 amide bonds. The molecule has 0 fully saturated rings. The summed E-state index contributed by atoms with van der Waals surface area (Å²) in [4.78, 5) is 36.7. The first kappa shape index (κ1) is 29.0. The molecule has 0 aliphatic carbocycles. The van der Waals surface area contributed by atoms with Gasteiger partial charge in [0.05, 0.1) is 0 Å². The maximum absolute atomic E-state index is 12.6. The predicted molar refractivity (Wildman–Crippen MR) is 146 cm³/mol.